The molecule has 0 radical (unpaired) electrons. The maximum absolute atomic E-state index is 5.23. The second kappa shape index (κ2) is 16.8. The van der Waals surface area contributed by atoms with Gasteiger partial charge in [0.1, 0.15) is 0 Å². The lowest BCUT2D eigenvalue weighted by molar-refractivity contribution is 1.07. The maximum Gasteiger partial charge on any atom is 0.164 e. The number of nitrogens with zero attached hydrogens (tertiary/aromatic N) is 5. The Labute approximate surface area is 406 Å². The highest BCUT2D eigenvalue weighted by Gasteiger charge is 2.23. The van der Waals surface area contributed by atoms with E-state index < -0.39 is 0 Å². The van der Waals surface area contributed by atoms with Crippen molar-refractivity contribution in [2.24, 2.45) is 0 Å². The van der Waals surface area contributed by atoms with Crippen LogP contribution >= 0.6 is 0 Å². The Balaban J connectivity index is 1.09. The summed E-state index contributed by atoms with van der Waals surface area (Å²) in [4.78, 5) is 15.5. The number of hydrogen-bond donors (Lipinski definition) is 0. The van der Waals surface area contributed by atoms with Gasteiger partial charge in [-0.05, 0) is 96.8 Å². The van der Waals surface area contributed by atoms with Crippen molar-refractivity contribution < 1.29 is 0 Å². The summed E-state index contributed by atoms with van der Waals surface area (Å²) in [7, 11) is 0. The molecule has 0 aliphatic rings. The Hall–Kier alpha value is -9.19. The van der Waals surface area contributed by atoms with E-state index in [-0.39, 0.29) is 0 Å². The van der Waals surface area contributed by atoms with Crippen LogP contribution in [0.2, 0.25) is 0 Å². The fourth-order valence-electron chi connectivity index (χ4n) is 10.4. The molecule has 3 aromatic heterocycles. The Bertz CT molecular complexity index is 4090. The van der Waals surface area contributed by atoms with Gasteiger partial charge in [-0.15, -0.1) is 0 Å². The molecule has 13 rings (SSSR count). The number of benzene rings is 10. The second-order valence-corrected chi connectivity index (χ2v) is 18.2. The number of hydrogen-bond acceptors (Lipinski definition) is 3. The topological polar surface area (TPSA) is 48.5 Å². The molecule has 0 saturated heterocycles. The number of aryl methyl sites for hydroxylation is 2. The molecule has 10 aromatic carbocycles. The molecule has 5 nitrogen and oxygen atoms in total. The van der Waals surface area contributed by atoms with E-state index in [2.05, 4.69) is 223 Å². The fraction of sp³-hybridized carbons (Fsp3) is 0.0308. The Morgan fingerprint density at radius 3 is 1.19 bits per heavy atom. The molecule has 5 heteroatoms. The van der Waals surface area contributed by atoms with E-state index in [0.717, 1.165) is 61.3 Å². The zero-order valence-corrected chi connectivity index (χ0v) is 38.8. The monoisotopic (exact) mass is 895 g/mol. The third-order valence-electron chi connectivity index (χ3n) is 13.7. The fourth-order valence-corrected chi connectivity index (χ4v) is 10.4. The first-order valence-corrected chi connectivity index (χ1v) is 23.8. The van der Waals surface area contributed by atoms with Gasteiger partial charge in [0.2, 0.25) is 0 Å². The smallest absolute Gasteiger partial charge is 0.164 e. The highest BCUT2D eigenvalue weighted by molar-refractivity contribution is 6.13. The summed E-state index contributed by atoms with van der Waals surface area (Å²) in [6, 6.07) is 84.8. The number of fused-ring (bicyclic) bond motifs is 6. The van der Waals surface area contributed by atoms with Crippen LogP contribution in [0.4, 0.5) is 0 Å². The molecule has 0 fully saturated rings. The van der Waals surface area contributed by atoms with Crippen molar-refractivity contribution in [3.05, 3.63) is 248 Å². The van der Waals surface area contributed by atoms with E-state index >= 15 is 0 Å². The van der Waals surface area contributed by atoms with Gasteiger partial charge >= 0.3 is 0 Å². The molecule has 3 heterocycles. The number of para-hydroxylation sites is 3. The van der Waals surface area contributed by atoms with Crippen molar-refractivity contribution in [3.8, 4) is 78.9 Å². The Kier molecular flexibility index (Phi) is 9.88. The van der Waals surface area contributed by atoms with E-state index in [1.54, 1.807) is 0 Å². The molecule has 0 amide bonds. The molecule has 0 bridgehead atoms. The van der Waals surface area contributed by atoms with Crippen LogP contribution in [0, 0.1) is 13.8 Å². The maximum atomic E-state index is 5.23. The molecule has 0 aliphatic heterocycles. The summed E-state index contributed by atoms with van der Waals surface area (Å²) in [6.07, 6.45) is 0. The minimum absolute atomic E-state index is 0.601. The molecular formula is C65H45N5. The van der Waals surface area contributed by atoms with Gasteiger partial charge < -0.3 is 9.13 Å². The summed E-state index contributed by atoms with van der Waals surface area (Å²) < 4.78 is 4.89. The van der Waals surface area contributed by atoms with E-state index in [1.807, 2.05) is 36.4 Å². The third kappa shape index (κ3) is 7.06. The van der Waals surface area contributed by atoms with Crippen molar-refractivity contribution in [1.29, 1.82) is 0 Å². The molecule has 330 valence electrons. The normalized spacial score (nSPS) is 11.6. The summed E-state index contributed by atoms with van der Waals surface area (Å²) in [5, 5.41) is 4.80. The standard InChI is InChI=1S/C65H45N5/c1-42-17-15-23-46(37-42)48-31-34-60-54(39-48)51-25-9-12-28-57(51)69(60)58-29-13-11-27-53(58)56-41-50(65-67-63(44-19-5-3-6-20-44)66-64(68-65)45-21-7-4-8-22-45)33-36-62(56)70-59-30-14-10-26-52(59)55-40-49(32-35-61(55)70)47-24-16-18-43(2)38-47/h3-41H,1-2H3. The van der Waals surface area contributed by atoms with Crippen LogP contribution in [0.5, 0.6) is 0 Å². The molecule has 0 aliphatic carbocycles. The second-order valence-electron chi connectivity index (χ2n) is 18.2. The highest BCUT2D eigenvalue weighted by atomic mass is 15.0. The zero-order chi connectivity index (χ0) is 46.7. The summed E-state index contributed by atoms with van der Waals surface area (Å²) in [5.41, 5.74) is 18.8. The largest absolute Gasteiger partial charge is 0.309 e. The van der Waals surface area contributed by atoms with Crippen LogP contribution in [0.3, 0.4) is 0 Å². The first-order chi connectivity index (χ1) is 34.5. The van der Waals surface area contributed by atoms with E-state index in [1.165, 1.54) is 54.9 Å². The molecule has 0 saturated carbocycles. The highest BCUT2D eigenvalue weighted by Crippen LogP contribution is 2.43. The Morgan fingerprint density at radius 2 is 0.657 bits per heavy atom. The summed E-state index contributed by atoms with van der Waals surface area (Å²) in [5.74, 6) is 1.85. The van der Waals surface area contributed by atoms with Gasteiger partial charge in [-0.25, -0.2) is 15.0 Å². The third-order valence-corrected chi connectivity index (χ3v) is 13.7. The molecule has 13 aromatic rings. The van der Waals surface area contributed by atoms with Gasteiger partial charge in [0.15, 0.2) is 17.5 Å². The zero-order valence-electron chi connectivity index (χ0n) is 38.8. The van der Waals surface area contributed by atoms with E-state index in [0.29, 0.717) is 17.5 Å². The minimum atomic E-state index is 0.601. The van der Waals surface area contributed by atoms with Crippen LogP contribution in [-0.2, 0) is 0 Å². The predicted octanol–water partition coefficient (Wildman–Crippen LogP) is 16.7. The summed E-state index contributed by atoms with van der Waals surface area (Å²) >= 11 is 0. The van der Waals surface area contributed by atoms with Crippen LogP contribution in [0.25, 0.3) is 123 Å². The lowest BCUT2D eigenvalue weighted by Gasteiger charge is -2.20. The molecule has 0 spiro atoms. The van der Waals surface area contributed by atoms with Gasteiger partial charge in [0.05, 0.1) is 33.4 Å². The quantitative estimate of drug-likeness (QED) is 0.153. The van der Waals surface area contributed by atoms with Crippen LogP contribution < -0.4 is 0 Å². The summed E-state index contributed by atoms with van der Waals surface area (Å²) in [6.45, 7) is 4.31. The molecular weight excluding hydrogens is 851 g/mol. The number of aromatic nitrogens is 5. The van der Waals surface area contributed by atoms with Crippen LogP contribution in [0.15, 0.2) is 237 Å². The van der Waals surface area contributed by atoms with Crippen LogP contribution in [0.1, 0.15) is 11.1 Å². The van der Waals surface area contributed by atoms with Crippen molar-refractivity contribution in [3.63, 3.8) is 0 Å². The molecule has 0 N–H and O–H groups in total. The first kappa shape index (κ1) is 41.0. The minimum Gasteiger partial charge on any atom is -0.309 e. The SMILES string of the molecule is Cc1cccc(-c2ccc3c(c2)c2ccccc2n3-c2ccccc2-c2cc(-c3nc(-c4ccccc4)nc(-c4ccccc4)n3)ccc2-n2c3ccccc3c3cc(-c4cccc(C)c4)ccc32)c1. The van der Waals surface area contributed by atoms with Gasteiger partial charge in [0.25, 0.3) is 0 Å². The van der Waals surface area contributed by atoms with Crippen molar-refractivity contribution in [2.45, 2.75) is 13.8 Å². The van der Waals surface area contributed by atoms with Gasteiger partial charge in [-0.1, -0.05) is 187 Å². The molecule has 0 unspecified atom stereocenters. The lowest BCUT2D eigenvalue weighted by atomic mass is 9.97. The van der Waals surface area contributed by atoms with Gasteiger partial charge in [-0.3, -0.25) is 0 Å². The lowest BCUT2D eigenvalue weighted by Crippen LogP contribution is -2.03. The van der Waals surface area contributed by atoms with Crippen molar-refractivity contribution >= 4 is 43.6 Å². The van der Waals surface area contributed by atoms with E-state index in [4.69, 9.17) is 15.0 Å². The van der Waals surface area contributed by atoms with Gasteiger partial charge in [0, 0.05) is 49.4 Å². The van der Waals surface area contributed by atoms with E-state index in [9.17, 15) is 0 Å². The van der Waals surface area contributed by atoms with Crippen molar-refractivity contribution in [2.75, 3.05) is 0 Å². The Morgan fingerprint density at radius 1 is 0.257 bits per heavy atom. The molecule has 70 heavy (non-hydrogen) atoms. The van der Waals surface area contributed by atoms with Crippen LogP contribution in [-0.4, -0.2) is 24.1 Å². The number of rotatable bonds is 8. The molecule has 0 atom stereocenters. The average Bonchev–Trinajstić information content (AvgIpc) is 3.93. The van der Waals surface area contributed by atoms with Gasteiger partial charge in [-0.2, -0.15) is 0 Å². The first-order valence-electron chi connectivity index (χ1n) is 23.8. The predicted molar refractivity (Wildman–Crippen MR) is 291 cm³/mol. The van der Waals surface area contributed by atoms with Crippen molar-refractivity contribution in [1.82, 2.24) is 24.1 Å². The average molecular weight is 896 g/mol.